The van der Waals surface area contributed by atoms with Crippen LogP contribution >= 0.6 is 0 Å². The molecule has 2 aromatic rings. The summed E-state index contributed by atoms with van der Waals surface area (Å²) in [4.78, 5) is 15.2. The monoisotopic (exact) mass is 404 g/mol. The Kier molecular flexibility index (Phi) is 5.87. The Morgan fingerprint density at radius 1 is 0.900 bits per heavy atom. The summed E-state index contributed by atoms with van der Waals surface area (Å²) in [5, 5.41) is 3.14. The van der Waals surface area contributed by atoms with Crippen LogP contribution in [0.2, 0.25) is 0 Å². The van der Waals surface area contributed by atoms with Gasteiger partial charge in [-0.15, -0.1) is 0 Å². The van der Waals surface area contributed by atoms with E-state index in [1.807, 2.05) is 12.1 Å². The number of ether oxygens (including phenoxy) is 1. The highest BCUT2D eigenvalue weighted by atomic mass is 16.5. The van der Waals surface area contributed by atoms with Crippen LogP contribution < -0.4 is 5.32 Å². The Balaban J connectivity index is 1.25. The van der Waals surface area contributed by atoms with Crippen LogP contribution in [0.5, 0.6) is 0 Å². The van der Waals surface area contributed by atoms with Crippen molar-refractivity contribution < 1.29 is 9.53 Å². The van der Waals surface area contributed by atoms with Gasteiger partial charge in [-0.25, -0.2) is 0 Å². The highest BCUT2D eigenvalue weighted by Gasteiger charge is 2.26. The average Bonchev–Trinajstić information content (AvgIpc) is 3.34. The molecule has 1 amide bonds. The van der Waals surface area contributed by atoms with Crippen molar-refractivity contribution in [2.75, 3.05) is 26.3 Å². The van der Waals surface area contributed by atoms with E-state index in [0.717, 1.165) is 37.7 Å². The number of hydrogen-bond acceptors (Lipinski definition) is 3. The molecule has 1 aliphatic carbocycles. The molecule has 1 unspecified atom stereocenters. The molecule has 0 radical (unpaired) electrons. The highest BCUT2D eigenvalue weighted by Crippen LogP contribution is 2.30. The van der Waals surface area contributed by atoms with E-state index in [4.69, 9.17) is 4.74 Å². The summed E-state index contributed by atoms with van der Waals surface area (Å²) in [5.41, 5.74) is 6.20. The van der Waals surface area contributed by atoms with Gasteiger partial charge in [0.05, 0.1) is 0 Å². The number of fused-ring (bicyclic) bond motifs is 1. The minimum absolute atomic E-state index is 0.0202. The Morgan fingerprint density at radius 2 is 1.63 bits per heavy atom. The summed E-state index contributed by atoms with van der Waals surface area (Å²) in [6.07, 6.45) is 8.19. The van der Waals surface area contributed by atoms with Gasteiger partial charge in [-0.3, -0.25) is 4.79 Å². The maximum Gasteiger partial charge on any atom is 0.251 e. The molecule has 0 spiro atoms. The fraction of sp³-hybridized carbons (Fsp3) is 0.500. The zero-order valence-electron chi connectivity index (χ0n) is 17.7. The van der Waals surface area contributed by atoms with Gasteiger partial charge in [-0.05, 0) is 92.4 Å². The van der Waals surface area contributed by atoms with Gasteiger partial charge >= 0.3 is 0 Å². The number of carbonyl (C=O) groups excluding carboxylic acids is 1. The van der Waals surface area contributed by atoms with Crippen molar-refractivity contribution in [1.82, 2.24) is 10.2 Å². The Morgan fingerprint density at radius 3 is 2.40 bits per heavy atom. The maximum absolute atomic E-state index is 12.5. The van der Waals surface area contributed by atoms with Crippen molar-refractivity contribution in [3.8, 4) is 11.1 Å². The number of aryl methyl sites for hydroxylation is 1. The lowest BCUT2D eigenvalue weighted by atomic mass is 9.85. The molecule has 1 N–H and O–H groups in total. The first kappa shape index (κ1) is 19.8. The molecule has 5 rings (SSSR count). The topological polar surface area (TPSA) is 41.6 Å². The fourth-order valence-electron chi connectivity index (χ4n) is 5.26. The lowest BCUT2D eigenvalue weighted by Crippen LogP contribution is -2.38. The number of rotatable bonds is 4. The lowest BCUT2D eigenvalue weighted by molar-refractivity contribution is 0.0696. The number of likely N-dealkylation sites (tertiary alicyclic amines) is 1. The average molecular weight is 405 g/mol. The number of nitrogens with zero attached hydrogens (tertiary/aromatic N) is 1. The van der Waals surface area contributed by atoms with Crippen LogP contribution in [-0.4, -0.2) is 49.2 Å². The van der Waals surface area contributed by atoms with Crippen LogP contribution in [0.4, 0.5) is 0 Å². The third-order valence-corrected chi connectivity index (χ3v) is 7.10. The Bertz CT molecular complexity index is 880. The van der Waals surface area contributed by atoms with E-state index in [0.29, 0.717) is 0 Å². The van der Waals surface area contributed by atoms with Gasteiger partial charge in [0.2, 0.25) is 0 Å². The summed E-state index contributed by atoms with van der Waals surface area (Å²) < 4.78 is 5.37. The number of nitrogens with one attached hydrogen (secondary N) is 1. The molecule has 158 valence electrons. The van der Waals surface area contributed by atoms with E-state index in [1.54, 1.807) is 0 Å². The van der Waals surface area contributed by atoms with E-state index >= 15 is 0 Å². The second-order valence-corrected chi connectivity index (χ2v) is 9.06. The van der Waals surface area contributed by atoms with Crippen LogP contribution in [0.3, 0.4) is 0 Å². The fourth-order valence-corrected chi connectivity index (χ4v) is 5.26. The third-order valence-electron chi connectivity index (χ3n) is 7.10. The number of carbonyl (C=O) groups is 1. The second kappa shape index (κ2) is 8.91. The molecule has 30 heavy (non-hydrogen) atoms. The number of hydrogen-bond donors (Lipinski definition) is 1. The standard InChI is InChI=1S/C26H32N2O2/c29-26(27-24-11-15-30-16-12-24)20-5-3-19(4-6-20)21-7-8-23-18-25(10-9-22(23)17-21)28-13-1-2-14-28/h3-8,17,24-25H,1-2,9-16,18H2,(H,27,29). The minimum Gasteiger partial charge on any atom is -0.381 e. The predicted octanol–water partition coefficient (Wildman–Crippen LogP) is 4.22. The predicted molar refractivity (Wildman–Crippen MR) is 120 cm³/mol. The first-order valence-corrected chi connectivity index (χ1v) is 11.6. The number of benzene rings is 2. The van der Waals surface area contributed by atoms with Gasteiger partial charge in [0.15, 0.2) is 0 Å². The maximum atomic E-state index is 12.5. The normalized spacial score (nSPS) is 22.6. The van der Waals surface area contributed by atoms with Gasteiger partial charge in [0, 0.05) is 30.9 Å². The first-order chi connectivity index (χ1) is 14.8. The van der Waals surface area contributed by atoms with Crippen LogP contribution in [0.25, 0.3) is 11.1 Å². The molecule has 0 bridgehead atoms. The van der Waals surface area contributed by atoms with Crippen LogP contribution in [0, 0.1) is 0 Å². The van der Waals surface area contributed by atoms with Crippen molar-refractivity contribution in [1.29, 1.82) is 0 Å². The zero-order chi connectivity index (χ0) is 20.3. The second-order valence-electron chi connectivity index (χ2n) is 9.06. The van der Waals surface area contributed by atoms with Crippen molar-refractivity contribution in [3.63, 3.8) is 0 Å². The summed E-state index contributed by atoms with van der Waals surface area (Å²) in [7, 11) is 0. The molecule has 2 saturated heterocycles. The van der Waals surface area contributed by atoms with Gasteiger partial charge in [0.1, 0.15) is 0 Å². The summed E-state index contributed by atoms with van der Waals surface area (Å²) >= 11 is 0. The van der Waals surface area contributed by atoms with E-state index in [2.05, 4.69) is 40.5 Å². The quantitative estimate of drug-likeness (QED) is 0.830. The molecule has 3 aliphatic rings. The van der Waals surface area contributed by atoms with Crippen molar-refractivity contribution in [3.05, 3.63) is 59.2 Å². The largest absolute Gasteiger partial charge is 0.381 e. The molecule has 2 aliphatic heterocycles. The SMILES string of the molecule is O=C(NC1CCOCC1)c1ccc(-c2ccc3c(c2)CCC(N2CCCC2)C3)cc1. The summed E-state index contributed by atoms with van der Waals surface area (Å²) in [6.45, 7) is 4.04. The molecule has 2 fully saturated rings. The van der Waals surface area contributed by atoms with Crippen molar-refractivity contribution in [2.45, 2.75) is 57.0 Å². The van der Waals surface area contributed by atoms with E-state index in [-0.39, 0.29) is 11.9 Å². The van der Waals surface area contributed by atoms with Gasteiger partial charge < -0.3 is 15.0 Å². The van der Waals surface area contributed by atoms with Gasteiger partial charge in [-0.1, -0.05) is 30.3 Å². The number of amides is 1. The zero-order valence-corrected chi connectivity index (χ0v) is 17.7. The first-order valence-electron chi connectivity index (χ1n) is 11.6. The van der Waals surface area contributed by atoms with Crippen LogP contribution in [0.1, 0.15) is 53.6 Å². The Hall–Kier alpha value is -2.17. The van der Waals surface area contributed by atoms with Crippen molar-refractivity contribution >= 4 is 5.91 Å². The summed E-state index contributed by atoms with van der Waals surface area (Å²) in [5.74, 6) is 0.0202. The van der Waals surface area contributed by atoms with E-state index in [1.165, 1.54) is 67.4 Å². The highest BCUT2D eigenvalue weighted by molar-refractivity contribution is 5.94. The molecule has 0 aromatic heterocycles. The smallest absolute Gasteiger partial charge is 0.251 e. The van der Waals surface area contributed by atoms with Crippen molar-refractivity contribution in [2.24, 2.45) is 0 Å². The molecular formula is C26H32N2O2. The molecule has 1 atom stereocenters. The summed E-state index contributed by atoms with van der Waals surface area (Å²) in [6, 6.07) is 16.0. The third kappa shape index (κ3) is 4.30. The van der Waals surface area contributed by atoms with E-state index in [9.17, 15) is 4.79 Å². The molecule has 0 saturated carbocycles. The van der Waals surface area contributed by atoms with E-state index < -0.39 is 0 Å². The van der Waals surface area contributed by atoms with Crippen LogP contribution in [-0.2, 0) is 17.6 Å². The van der Waals surface area contributed by atoms with Gasteiger partial charge in [-0.2, -0.15) is 0 Å². The molecule has 2 aromatic carbocycles. The molecule has 4 nitrogen and oxygen atoms in total. The Labute approximate surface area is 179 Å². The molecule has 4 heteroatoms. The van der Waals surface area contributed by atoms with Gasteiger partial charge in [0.25, 0.3) is 5.91 Å². The van der Waals surface area contributed by atoms with Crippen LogP contribution in [0.15, 0.2) is 42.5 Å². The molecule has 2 heterocycles. The minimum atomic E-state index is 0.0202. The molecular weight excluding hydrogens is 372 g/mol. The lowest BCUT2D eigenvalue weighted by Gasteiger charge is -2.32.